The summed E-state index contributed by atoms with van der Waals surface area (Å²) in [5.41, 5.74) is 0. The van der Waals surface area contributed by atoms with Crippen LogP contribution in [0.2, 0.25) is 0 Å². The van der Waals surface area contributed by atoms with Gasteiger partial charge in [-0.2, -0.15) is 0 Å². The van der Waals surface area contributed by atoms with Gasteiger partial charge in [0, 0.05) is 16.5 Å². The van der Waals surface area contributed by atoms with Crippen molar-refractivity contribution in [3.63, 3.8) is 0 Å². The number of hydrogen-bond donors (Lipinski definition) is 0. The zero-order valence-electron chi connectivity index (χ0n) is 6.14. The Morgan fingerprint density at radius 1 is 0.778 bits per heavy atom. The fraction of sp³-hybridized carbons (Fsp3) is 0.250. The standard InChI is InChI=1S/2C4H7.Ni/c2*1-4(2)3;/h2*1-2H2,3H3;. The molecule has 0 spiro atoms. The summed E-state index contributed by atoms with van der Waals surface area (Å²) in [5, 5.41) is 0. The molecule has 0 N–H and O–H groups in total. The van der Waals surface area contributed by atoms with Gasteiger partial charge in [-0.1, -0.05) is 13.8 Å². The Morgan fingerprint density at radius 2 is 0.778 bits per heavy atom. The summed E-state index contributed by atoms with van der Waals surface area (Å²) < 4.78 is 0. The summed E-state index contributed by atoms with van der Waals surface area (Å²) in [6, 6.07) is 0. The first kappa shape index (κ1) is 16.2. The van der Waals surface area contributed by atoms with Crippen molar-refractivity contribution in [2.24, 2.45) is 0 Å². The molecule has 0 aromatic heterocycles. The first-order chi connectivity index (χ1) is 3.46. The van der Waals surface area contributed by atoms with E-state index in [4.69, 9.17) is 0 Å². The molecule has 0 aromatic carbocycles. The molecule has 9 heavy (non-hydrogen) atoms. The molecule has 6 radical (unpaired) electrons. The van der Waals surface area contributed by atoms with Gasteiger partial charge in [0.15, 0.2) is 0 Å². The Labute approximate surface area is 70.3 Å². The van der Waals surface area contributed by atoms with E-state index < -0.39 is 0 Å². The second-order valence-electron chi connectivity index (χ2n) is 1.91. The molecule has 0 saturated heterocycles. The van der Waals surface area contributed by atoms with Crippen LogP contribution < -0.4 is 0 Å². The summed E-state index contributed by atoms with van der Waals surface area (Å²) in [5.74, 6) is 1.83. The van der Waals surface area contributed by atoms with Crippen LogP contribution in [0.25, 0.3) is 0 Å². The molecule has 0 rings (SSSR count). The van der Waals surface area contributed by atoms with Gasteiger partial charge in [0.2, 0.25) is 0 Å². The molecule has 0 bridgehead atoms. The Hall–Kier alpha value is 0.494. The van der Waals surface area contributed by atoms with E-state index in [1.54, 1.807) is 0 Å². The third-order valence-corrected chi connectivity index (χ3v) is 0. The van der Waals surface area contributed by atoms with E-state index in [9.17, 15) is 0 Å². The predicted molar refractivity (Wildman–Crippen MR) is 39.3 cm³/mol. The molecule has 0 heterocycles. The molecule has 0 amide bonds. The molecule has 0 aliphatic rings. The maximum atomic E-state index is 3.44. The third kappa shape index (κ3) is 1470. The summed E-state index contributed by atoms with van der Waals surface area (Å²) in [6.07, 6.45) is 0. The van der Waals surface area contributed by atoms with E-state index in [0.29, 0.717) is 0 Å². The van der Waals surface area contributed by atoms with Crippen molar-refractivity contribution in [2.75, 3.05) is 0 Å². The minimum Gasteiger partial charge on any atom is -0.0591 e. The normalized spacial score (nSPS) is 8.00. The van der Waals surface area contributed by atoms with Crippen molar-refractivity contribution >= 4 is 0 Å². The van der Waals surface area contributed by atoms with E-state index >= 15 is 0 Å². The Kier molecular flexibility index (Phi) is 20.4. The number of hydrogen-bond acceptors (Lipinski definition) is 0. The van der Waals surface area contributed by atoms with E-state index in [-0.39, 0.29) is 16.5 Å². The van der Waals surface area contributed by atoms with Crippen LogP contribution in [0, 0.1) is 39.5 Å². The Morgan fingerprint density at radius 3 is 0.778 bits per heavy atom. The first-order valence-electron chi connectivity index (χ1n) is 2.41. The Bertz CT molecular complexity index is 20.0. The summed E-state index contributed by atoms with van der Waals surface area (Å²) >= 11 is 0. The van der Waals surface area contributed by atoms with Crippen molar-refractivity contribution in [1.29, 1.82) is 0 Å². The molecule has 0 saturated carbocycles. The van der Waals surface area contributed by atoms with Crippen molar-refractivity contribution in [3.8, 4) is 0 Å². The van der Waals surface area contributed by atoms with Crippen molar-refractivity contribution < 1.29 is 16.5 Å². The first-order valence-corrected chi connectivity index (χ1v) is 2.41. The molecule has 1 heteroatoms. The van der Waals surface area contributed by atoms with Gasteiger partial charge in [-0.3, -0.25) is 0 Å². The third-order valence-electron chi connectivity index (χ3n) is 0. The average molecular weight is 169 g/mol. The second-order valence-corrected chi connectivity index (χ2v) is 1.91. The van der Waals surface area contributed by atoms with Gasteiger partial charge >= 0.3 is 0 Å². The molecule has 0 aliphatic heterocycles. The van der Waals surface area contributed by atoms with Gasteiger partial charge < -0.3 is 0 Å². The summed E-state index contributed by atoms with van der Waals surface area (Å²) in [7, 11) is 0. The van der Waals surface area contributed by atoms with E-state index in [0.717, 1.165) is 11.8 Å². The van der Waals surface area contributed by atoms with Crippen LogP contribution in [0.3, 0.4) is 0 Å². The topological polar surface area (TPSA) is 0 Å². The summed E-state index contributed by atoms with van der Waals surface area (Å²) in [6.45, 7) is 17.5. The molecule has 0 atom stereocenters. The fourth-order valence-corrected chi connectivity index (χ4v) is 0. The van der Waals surface area contributed by atoms with Crippen molar-refractivity contribution in [2.45, 2.75) is 13.8 Å². The molecular formula is C8H14Ni. The minimum atomic E-state index is 0. The quantitative estimate of drug-likeness (QED) is 0.488. The van der Waals surface area contributed by atoms with Gasteiger partial charge in [0.25, 0.3) is 0 Å². The van der Waals surface area contributed by atoms with Crippen LogP contribution in [0.15, 0.2) is 0 Å². The molecule has 0 aliphatic carbocycles. The minimum absolute atomic E-state index is 0. The van der Waals surface area contributed by atoms with E-state index in [1.165, 1.54) is 0 Å². The van der Waals surface area contributed by atoms with Crippen molar-refractivity contribution in [1.82, 2.24) is 0 Å². The molecule has 0 fully saturated rings. The van der Waals surface area contributed by atoms with Crippen LogP contribution in [-0.4, -0.2) is 0 Å². The fourth-order valence-electron chi connectivity index (χ4n) is 0. The largest absolute Gasteiger partial charge is 0.0591 e. The molecule has 56 valence electrons. The zero-order valence-corrected chi connectivity index (χ0v) is 7.13. The monoisotopic (exact) mass is 168 g/mol. The SMILES string of the molecule is [CH2][C]([CH2])C.[CH2][C]([CH2])C.[Ni]. The second kappa shape index (κ2) is 11.3. The predicted octanol–water partition coefficient (Wildman–Crippen LogP) is 2.50. The van der Waals surface area contributed by atoms with Gasteiger partial charge in [-0.25, -0.2) is 0 Å². The number of rotatable bonds is 0. The van der Waals surface area contributed by atoms with Gasteiger partial charge in [0.05, 0.1) is 0 Å². The Balaban J connectivity index is -0.0000000720. The van der Waals surface area contributed by atoms with Gasteiger partial charge in [-0.05, 0) is 39.5 Å². The average Bonchev–Trinajstić information content (AvgIpc) is 1.25. The van der Waals surface area contributed by atoms with Gasteiger partial charge in [-0.15, -0.1) is 0 Å². The van der Waals surface area contributed by atoms with Crippen LogP contribution in [0.4, 0.5) is 0 Å². The van der Waals surface area contributed by atoms with E-state index in [1.807, 2.05) is 13.8 Å². The molecule has 0 nitrogen and oxygen atoms in total. The maximum absolute atomic E-state index is 3.44. The van der Waals surface area contributed by atoms with Crippen LogP contribution in [0.1, 0.15) is 13.8 Å². The molecule has 0 unspecified atom stereocenters. The zero-order chi connectivity index (χ0) is 7.15. The molecular weight excluding hydrogens is 155 g/mol. The van der Waals surface area contributed by atoms with Crippen molar-refractivity contribution in [3.05, 3.63) is 39.5 Å². The van der Waals surface area contributed by atoms with Crippen LogP contribution in [0.5, 0.6) is 0 Å². The van der Waals surface area contributed by atoms with Gasteiger partial charge in [0.1, 0.15) is 0 Å². The maximum Gasteiger partial charge on any atom is 0 e. The van der Waals surface area contributed by atoms with E-state index in [2.05, 4.69) is 27.7 Å². The molecule has 0 aromatic rings. The smallest absolute Gasteiger partial charge is 0 e. The van der Waals surface area contributed by atoms with Crippen LogP contribution in [-0.2, 0) is 16.5 Å². The summed E-state index contributed by atoms with van der Waals surface area (Å²) in [4.78, 5) is 0. The van der Waals surface area contributed by atoms with Crippen LogP contribution >= 0.6 is 0 Å².